The van der Waals surface area contributed by atoms with Crippen LogP contribution < -0.4 is 16.0 Å². The van der Waals surface area contributed by atoms with E-state index in [1.54, 1.807) is 42.5 Å². The lowest BCUT2D eigenvalue weighted by molar-refractivity contribution is -0.114. The van der Waals surface area contributed by atoms with E-state index in [0.717, 1.165) is 5.56 Å². The predicted molar refractivity (Wildman–Crippen MR) is 122 cm³/mol. The number of para-hydroxylation sites is 1. The highest BCUT2D eigenvalue weighted by Crippen LogP contribution is 2.18. The van der Waals surface area contributed by atoms with Crippen LogP contribution in [0.3, 0.4) is 0 Å². The van der Waals surface area contributed by atoms with Gasteiger partial charge in [0, 0.05) is 18.2 Å². The molecule has 1 atom stereocenters. The first-order valence-corrected chi connectivity index (χ1v) is 10.0. The van der Waals surface area contributed by atoms with E-state index in [1.807, 2.05) is 37.3 Å². The van der Waals surface area contributed by atoms with E-state index in [1.165, 1.54) is 13.0 Å². The minimum Gasteiger partial charge on any atom is -0.346 e. The standard InChI is InChI=1S/C25H23N3O4/c1-16(18-8-4-3-5-9-18)26-24(31)19-12-14-20(15-13-19)28-25(32)23(30)21-10-6-7-11-22(21)27-17(2)29/h3-16H,1-2H3,(H,26,31)(H,27,29)(H,28,32). The molecule has 3 amide bonds. The summed E-state index contributed by atoms with van der Waals surface area (Å²) in [6.45, 7) is 3.21. The van der Waals surface area contributed by atoms with Gasteiger partial charge in [-0.3, -0.25) is 19.2 Å². The Morgan fingerprint density at radius 3 is 2.03 bits per heavy atom. The van der Waals surface area contributed by atoms with E-state index in [2.05, 4.69) is 16.0 Å². The van der Waals surface area contributed by atoms with Crippen molar-refractivity contribution in [2.75, 3.05) is 10.6 Å². The number of carbonyl (C=O) groups is 4. The van der Waals surface area contributed by atoms with E-state index in [9.17, 15) is 19.2 Å². The molecule has 162 valence electrons. The predicted octanol–water partition coefficient (Wildman–Crippen LogP) is 3.96. The van der Waals surface area contributed by atoms with Gasteiger partial charge in [-0.1, -0.05) is 42.5 Å². The van der Waals surface area contributed by atoms with Crippen LogP contribution in [-0.4, -0.2) is 23.5 Å². The smallest absolute Gasteiger partial charge is 0.296 e. The second kappa shape index (κ2) is 10.2. The van der Waals surface area contributed by atoms with Crippen LogP contribution in [0.15, 0.2) is 78.9 Å². The Bertz CT molecular complexity index is 1140. The highest BCUT2D eigenvalue weighted by molar-refractivity contribution is 6.47. The molecular weight excluding hydrogens is 406 g/mol. The van der Waals surface area contributed by atoms with Crippen molar-refractivity contribution in [3.8, 4) is 0 Å². The number of ketones is 1. The van der Waals surface area contributed by atoms with Gasteiger partial charge < -0.3 is 16.0 Å². The number of carbonyl (C=O) groups excluding carboxylic acids is 4. The van der Waals surface area contributed by atoms with E-state index in [4.69, 9.17) is 0 Å². The lowest BCUT2D eigenvalue weighted by Crippen LogP contribution is -2.26. The van der Waals surface area contributed by atoms with Crippen molar-refractivity contribution in [1.29, 1.82) is 0 Å². The van der Waals surface area contributed by atoms with Gasteiger partial charge in [-0.25, -0.2) is 0 Å². The molecule has 0 saturated heterocycles. The zero-order valence-corrected chi connectivity index (χ0v) is 17.7. The van der Waals surface area contributed by atoms with Crippen molar-refractivity contribution in [2.24, 2.45) is 0 Å². The number of hydrogen-bond donors (Lipinski definition) is 3. The average Bonchev–Trinajstić information content (AvgIpc) is 2.79. The first kappa shape index (κ1) is 22.4. The molecule has 3 aromatic rings. The molecule has 0 aromatic heterocycles. The maximum atomic E-state index is 12.6. The quantitative estimate of drug-likeness (QED) is 0.391. The molecule has 0 fully saturated rings. The number of amides is 3. The van der Waals surface area contributed by atoms with Gasteiger partial charge in [0.2, 0.25) is 5.91 Å². The molecule has 7 heteroatoms. The number of anilines is 2. The van der Waals surface area contributed by atoms with Gasteiger partial charge in [-0.2, -0.15) is 0 Å². The maximum Gasteiger partial charge on any atom is 0.296 e. The van der Waals surface area contributed by atoms with Gasteiger partial charge in [0.25, 0.3) is 17.6 Å². The molecule has 32 heavy (non-hydrogen) atoms. The summed E-state index contributed by atoms with van der Waals surface area (Å²) in [7, 11) is 0. The zero-order chi connectivity index (χ0) is 23.1. The topological polar surface area (TPSA) is 104 Å². The lowest BCUT2D eigenvalue weighted by Gasteiger charge is -2.14. The summed E-state index contributed by atoms with van der Waals surface area (Å²) in [5.74, 6) is -2.23. The molecule has 3 aromatic carbocycles. The van der Waals surface area contributed by atoms with Crippen molar-refractivity contribution in [3.63, 3.8) is 0 Å². The van der Waals surface area contributed by atoms with Crippen molar-refractivity contribution in [2.45, 2.75) is 19.9 Å². The van der Waals surface area contributed by atoms with Crippen LogP contribution in [0.2, 0.25) is 0 Å². The normalized spacial score (nSPS) is 11.2. The molecule has 3 N–H and O–H groups in total. The summed E-state index contributed by atoms with van der Waals surface area (Å²) in [5.41, 5.74) is 2.13. The van der Waals surface area contributed by atoms with E-state index in [0.29, 0.717) is 11.3 Å². The molecule has 0 bridgehead atoms. The Hall–Kier alpha value is -4.26. The third-order valence-electron chi connectivity index (χ3n) is 4.74. The van der Waals surface area contributed by atoms with Crippen LogP contribution >= 0.6 is 0 Å². The van der Waals surface area contributed by atoms with Crippen LogP contribution in [0, 0.1) is 0 Å². The number of rotatable bonds is 7. The van der Waals surface area contributed by atoms with Gasteiger partial charge >= 0.3 is 0 Å². The Morgan fingerprint density at radius 2 is 1.38 bits per heavy atom. The third-order valence-corrected chi connectivity index (χ3v) is 4.74. The molecule has 0 saturated carbocycles. The Balaban J connectivity index is 1.64. The first-order valence-electron chi connectivity index (χ1n) is 10.0. The van der Waals surface area contributed by atoms with Gasteiger partial charge in [0.15, 0.2) is 0 Å². The molecule has 1 unspecified atom stereocenters. The van der Waals surface area contributed by atoms with Crippen molar-refractivity contribution in [1.82, 2.24) is 5.32 Å². The van der Waals surface area contributed by atoms with Crippen LogP contribution in [0.25, 0.3) is 0 Å². The number of hydrogen-bond acceptors (Lipinski definition) is 4. The van der Waals surface area contributed by atoms with Crippen molar-refractivity contribution < 1.29 is 19.2 Å². The fourth-order valence-corrected chi connectivity index (χ4v) is 3.10. The molecule has 7 nitrogen and oxygen atoms in total. The number of benzene rings is 3. The van der Waals surface area contributed by atoms with E-state index < -0.39 is 11.7 Å². The molecule has 0 spiro atoms. The van der Waals surface area contributed by atoms with Crippen LogP contribution in [0.4, 0.5) is 11.4 Å². The largest absolute Gasteiger partial charge is 0.346 e. The third kappa shape index (κ3) is 5.66. The molecular formula is C25H23N3O4. The number of nitrogens with one attached hydrogen (secondary N) is 3. The summed E-state index contributed by atoms with van der Waals surface area (Å²) in [5, 5.41) is 7.98. The van der Waals surface area contributed by atoms with Crippen molar-refractivity contribution in [3.05, 3.63) is 95.6 Å². The monoisotopic (exact) mass is 429 g/mol. The average molecular weight is 429 g/mol. The summed E-state index contributed by atoms with van der Waals surface area (Å²) >= 11 is 0. The van der Waals surface area contributed by atoms with Crippen LogP contribution in [0.1, 0.15) is 46.2 Å². The summed E-state index contributed by atoms with van der Waals surface area (Å²) in [6.07, 6.45) is 0. The van der Waals surface area contributed by atoms with Gasteiger partial charge in [-0.05, 0) is 48.9 Å². The Morgan fingerprint density at radius 1 is 0.750 bits per heavy atom. The Labute approximate surface area is 185 Å². The minimum absolute atomic E-state index is 0.0890. The molecule has 0 heterocycles. The fraction of sp³-hybridized carbons (Fsp3) is 0.120. The Kier molecular flexibility index (Phi) is 7.13. The summed E-state index contributed by atoms with van der Waals surface area (Å²) < 4.78 is 0. The molecule has 0 aliphatic carbocycles. The second-order valence-corrected chi connectivity index (χ2v) is 7.19. The highest BCUT2D eigenvalue weighted by Gasteiger charge is 2.20. The van der Waals surface area contributed by atoms with Gasteiger partial charge in [0.05, 0.1) is 17.3 Å². The van der Waals surface area contributed by atoms with Gasteiger partial charge in [0.1, 0.15) is 0 Å². The minimum atomic E-state index is -0.849. The molecule has 3 rings (SSSR count). The lowest BCUT2D eigenvalue weighted by atomic mass is 10.1. The summed E-state index contributed by atoms with van der Waals surface area (Å²) in [4.78, 5) is 48.8. The highest BCUT2D eigenvalue weighted by atomic mass is 16.2. The zero-order valence-electron chi connectivity index (χ0n) is 17.7. The summed E-state index contributed by atoms with van der Waals surface area (Å²) in [6, 6.07) is 21.9. The molecule has 0 radical (unpaired) electrons. The SMILES string of the molecule is CC(=O)Nc1ccccc1C(=O)C(=O)Nc1ccc(C(=O)NC(C)c2ccccc2)cc1. The van der Waals surface area contributed by atoms with Crippen molar-refractivity contribution >= 4 is 34.9 Å². The van der Waals surface area contributed by atoms with Crippen LogP contribution in [0.5, 0.6) is 0 Å². The number of Topliss-reactive ketones (excluding diaryl/α,β-unsaturated/α-hetero) is 1. The van der Waals surface area contributed by atoms with Gasteiger partial charge in [-0.15, -0.1) is 0 Å². The van der Waals surface area contributed by atoms with E-state index >= 15 is 0 Å². The second-order valence-electron chi connectivity index (χ2n) is 7.19. The first-order chi connectivity index (χ1) is 15.3. The van der Waals surface area contributed by atoms with Crippen LogP contribution in [-0.2, 0) is 9.59 Å². The molecule has 0 aliphatic rings. The van der Waals surface area contributed by atoms with E-state index in [-0.39, 0.29) is 29.1 Å². The maximum absolute atomic E-state index is 12.6. The fourth-order valence-electron chi connectivity index (χ4n) is 3.10. The molecule has 0 aliphatic heterocycles.